The van der Waals surface area contributed by atoms with Crippen molar-refractivity contribution in [2.75, 3.05) is 25.1 Å². The van der Waals surface area contributed by atoms with Gasteiger partial charge in [-0.3, -0.25) is 0 Å². The van der Waals surface area contributed by atoms with Crippen LogP contribution in [-0.2, 0) is 0 Å². The Bertz CT molecular complexity index is 243. The molecule has 2 rings (SSSR count). The number of rotatable bonds is 2. The van der Waals surface area contributed by atoms with Gasteiger partial charge in [-0.2, -0.15) is 0 Å². The van der Waals surface area contributed by atoms with E-state index in [0.29, 0.717) is 30.0 Å². The summed E-state index contributed by atoms with van der Waals surface area (Å²) >= 11 is 0.321. The summed E-state index contributed by atoms with van der Waals surface area (Å²) in [6.45, 7) is 6.73. The normalized spacial score (nSPS) is 36.1. The third-order valence-corrected chi connectivity index (χ3v) is 8.04. The zero-order valence-electron chi connectivity index (χ0n) is 10.1. The van der Waals surface area contributed by atoms with Crippen LogP contribution < -0.4 is 21.2 Å². The van der Waals surface area contributed by atoms with Crippen LogP contribution in [0.4, 0.5) is 0 Å². The van der Waals surface area contributed by atoms with Gasteiger partial charge >= 0.3 is 105 Å². The first-order valence-electron chi connectivity index (χ1n) is 5.96. The number of hydrogen-bond donors (Lipinski definition) is 0. The molecular formula is C13H23IN-. The van der Waals surface area contributed by atoms with Gasteiger partial charge in [-0.1, -0.05) is 0 Å². The van der Waals surface area contributed by atoms with E-state index in [1.165, 1.54) is 45.2 Å². The average molecular weight is 320 g/mol. The van der Waals surface area contributed by atoms with Gasteiger partial charge in [-0.05, 0) is 0 Å². The van der Waals surface area contributed by atoms with Crippen molar-refractivity contribution in [3.63, 3.8) is 0 Å². The van der Waals surface area contributed by atoms with Gasteiger partial charge in [0, 0.05) is 0 Å². The third kappa shape index (κ3) is 2.26. The van der Waals surface area contributed by atoms with Crippen molar-refractivity contribution in [2.45, 2.75) is 35.5 Å². The molecule has 1 spiro atoms. The van der Waals surface area contributed by atoms with E-state index in [9.17, 15) is 0 Å². The Labute approximate surface area is 105 Å². The minimum atomic E-state index is 0.321. The summed E-state index contributed by atoms with van der Waals surface area (Å²) in [5.74, 6) is 0. The van der Waals surface area contributed by atoms with Crippen molar-refractivity contribution in [2.24, 2.45) is 5.41 Å². The van der Waals surface area contributed by atoms with E-state index < -0.39 is 0 Å². The molecule has 1 unspecified atom stereocenters. The van der Waals surface area contributed by atoms with Crippen molar-refractivity contribution in [3.8, 4) is 0 Å². The molecule has 2 fully saturated rings. The second kappa shape index (κ2) is 4.36. The van der Waals surface area contributed by atoms with Gasteiger partial charge in [0.05, 0.1) is 0 Å². The molecule has 1 aliphatic heterocycles. The molecule has 0 aromatic carbocycles. The summed E-state index contributed by atoms with van der Waals surface area (Å²) in [6.07, 6.45) is 9.53. The maximum atomic E-state index is 4.10. The van der Waals surface area contributed by atoms with Gasteiger partial charge in [0.25, 0.3) is 0 Å². The zero-order valence-corrected chi connectivity index (χ0v) is 12.2. The molecule has 0 aromatic rings. The van der Waals surface area contributed by atoms with Crippen LogP contribution in [-0.4, -0.2) is 33.4 Å². The van der Waals surface area contributed by atoms with E-state index in [1.807, 2.05) is 0 Å². The van der Waals surface area contributed by atoms with Crippen molar-refractivity contribution in [1.29, 1.82) is 0 Å². The van der Waals surface area contributed by atoms with Gasteiger partial charge in [0.1, 0.15) is 0 Å². The molecule has 2 aliphatic rings. The first-order valence-corrected chi connectivity index (χ1v) is 9.20. The number of nitrogens with zero attached hydrogens (tertiary/aromatic N) is 1. The van der Waals surface area contributed by atoms with Gasteiger partial charge in [0.2, 0.25) is 0 Å². The first-order chi connectivity index (χ1) is 7.14. The quantitative estimate of drug-likeness (QED) is 0.378. The molecule has 1 atom stereocenters. The van der Waals surface area contributed by atoms with Crippen LogP contribution in [0.5, 0.6) is 0 Å². The zero-order chi connectivity index (χ0) is 10.9. The van der Waals surface area contributed by atoms with Crippen molar-refractivity contribution >= 4 is 0 Å². The summed E-state index contributed by atoms with van der Waals surface area (Å²) in [6, 6.07) is 0. The summed E-state index contributed by atoms with van der Waals surface area (Å²) in [5, 5.41) is 0. The van der Waals surface area contributed by atoms with E-state index in [1.54, 1.807) is 0 Å². The summed E-state index contributed by atoms with van der Waals surface area (Å²) < 4.78 is 0.592. The molecule has 88 valence electrons. The Kier molecular flexibility index (Phi) is 3.46. The number of piperidine rings is 1. The summed E-state index contributed by atoms with van der Waals surface area (Å²) in [7, 11) is 2.26. The monoisotopic (exact) mass is 320 g/mol. The van der Waals surface area contributed by atoms with Crippen LogP contribution in [0.2, 0.25) is 0 Å². The molecule has 0 aromatic heterocycles. The van der Waals surface area contributed by atoms with Crippen LogP contribution in [0, 0.1) is 5.41 Å². The first kappa shape index (κ1) is 11.9. The molecule has 1 nitrogen and oxygen atoms in total. The second-order valence-electron chi connectivity index (χ2n) is 5.41. The van der Waals surface area contributed by atoms with E-state index in [-0.39, 0.29) is 0 Å². The van der Waals surface area contributed by atoms with Crippen LogP contribution in [0.15, 0.2) is 12.7 Å². The van der Waals surface area contributed by atoms with E-state index in [2.05, 4.69) is 29.5 Å². The predicted molar refractivity (Wildman–Crippen MR) is 61.9 cm³/mol. The van der Waals surface area contributed by atoms with Crippen molar-refractivity contribution in [3.05, 3.63) is 12.7 Å². The second-order valence-corrected chi connectivity index (χ2v) is 8.63. The fourth-order valence-electron chi connectivity index (χ4n) is 3.21. The molecule has 1 saturated carbocycles. The number of halogens is 1. The Balaban J connectivity index is 2.04. The number of hydrogen-bond acceptors (Lipinski definition) is 1. The van der Waals surface area contributed by atoms with E-state index in [4.69, 9.17) is 0 Å². The Hall–Kier alpha value is 0.430. The van der Waals surface area contributed by atoms with Gasteiger partial charge in [0.15, 0.2) is 0 Å². The Morgan fingerprint density at radius 2 is 1.87 bits per heavy atom. The summed E-state index contributed by atoms with van der Waals surface area (Å²) in [4.78, 5) is 4.93. The molecule has 0 N–H and O–H groups in total. The van der Waals surface area contributed by atoms with Gasteiger partial charge < -0.3 is 0 Å². The molecule has 1 saturated heterocycles. The van der Waals surface area contributed by atoms with Crippen LogP contribution in [0.25, 0.3) is 0 Å². The molecule has 1 heterocycles. The number of alkyl halides is 2. The standard InChI is InChI=1S/C13H23IN/c1-4-13(14-2)6-5-12(11-13)7-9-15(3)10-8-12/h4H,1,5-11H2,2-3H3/q-1. The molecule has 0 radical (unpaired) electrons. The molecule has 2 heteroatoms. The maximum absolute atomic E-state index is 4.10. The molecule has 0 bridgehead atoms. The molecule has 0 amide bonds. The fourth-order valence-corrected chi connectivity index (χ4v) is 5.65. The molecule has 1 aliphatic carbocycles. The summed E-state index contributed by atoms with van der Waals surface area (Å²) in [5.41, 5.74) is 0.705. The Morgan fingerprint density at radius 3 is 2.33 bits per heavy atom. The average Bonchev–Trinajstić information content (AvgIpc) is 2.64. The van der Waals surface area contributed by atoms with Crippen LogP contribution in [0.3, 0.4) is 0 Å². The van der Waals surface area contributed by atoms with Crippen molar-refractivity contribution < 1.29 is 21.2 Å². The fraction of sp³-hybridized carbons (Fsp3) is 0.846. The van der Waals surface area contributed by atoms with Crippen LogP contribution in [0.1, 0.15) is 32.1 Å². The predicted octanol–water partition coefficient (Wildman–Crippen LogP) is -0.474. The number of allylic oxidation sites excluding steroid dienone is 1. The minimum absolute atomic E-state index is 0.321. The van der Waals surface area contributed by atoms with Crippen molar-refractivity contribution in [1.82, 2.24) is 4.90 Å². The van der Waals surface area contributed by atoms with Gasteiger partial charge in [-0.15, -0.1) is 0 Å². The van der Waals surface area contributed by atoms with E-state index >= 15 is 0 Å². The topological polar surface area (TPSA) is 3.24 Å². The third-order valence-electron chi connectivity index (χ3n) is 4.53. The van der Waals surface area contributed by atoms with E-state index in [0.717, 1.165) is 0 Å². The molecular weight excluding hydrogens is 297 g/mol. The SMILES string of the molecule is C=CC1([I-]C)CCC2(CCN(C)CC2)C1. The Morgan fingerprint density at radius 1 is 1.20 bits per heavy atom. The number of likely N-dealkylation sites (tertiary alicyclic amines) is 1. The van der Waals surface area contributed by atoms with Crippen LogP contribution >= 0.6 is 0 Å². The van der Waals surface area contributed by atoms with Gasteiger partial charge in [-0.25, -0.2) is 0 Å². The molecule has 15 heavy (non-hydrogen) atoms.